The van der Waals surface area contributed by atoms with E-state index in [-0.39, 0.29) is 18.8 Å². The van der Waals surface area contributed by atoms with Crippen molar-refractivity contribution in [1.29, 1.82) is 0 Å². The summed E-state index contributed by atoms with van der Waals surface area (Å²) in [5.41, 5.74) is 0.267. The van der Waals surface area contributed by atoms with Gasteiger partial charge in [-0.1, -0.05) is 0 Å². The molecule has 1 saturated heterocycles. The topological polar surface area (TPSA) is 114 Å². The molecule has 0 spiro atoms. The fourth-order valence-electron chi connectivity index (χ4n) is 2.85. The van der Waals surface area contributed by atoms with Crippen LogP contribution in [0, 0.1) is 0 Å². The predicted molar refractivity (Wildman–Crippen MR) is 95.6 cm³/mol. The summed E-state index contributed by atoms with van der Waals surface area (Å²) >= 11 is 1.21. The average molecular weight is 414 g/mol. The van der Waals surface area contributed by atoms with E-state index in [0.717, 1.165) is 0 Å². The van der Waals surface area contributed by atoms with Crippen LogP contribution < -0.4 is 0 Å². The Hall–Kier alpha value is -2.46. The van der Waals surface area contributed by atoms with Gasteiger partial charge in [0.1, 0.15) is 18.8 Å². The maximum absolute atomic E-state index is 12.2. The molecule has 2 heterocycles. The molecule has 0 amide bonds. The zero-order valence-corrected chi connectivity index (χ0v) is 16.8. The van der Waals surface area contributed by atoms with Crippen LogP contribution >= 0.6 is 11.3 Å². The van der Waals surface area contributed by atoms with E-state index in [0.29, 0.717) is 4.88 Å². The average Bonchev–Trinajstić information content (AvgIpc) is 3.18. The Kier molecular flexibility index (Phi) is 7.53. The third kappa shape index (κ3) is 5.29. The zero-order chi connectivity index (χ0) is 20.8. The third-order valence-electron chi connectivity index (χ3n) is 3.81. The summed E-state index contributed by atoms with van der Waals surface area (Å²) in [6.45, 7) is 5.32. The lowest BCUT2D eigenvalue weighted by Crippen LogP contribution is -2.40. The molecule has 0 aliphatic carbocycles. The van der Waals surface area contributed by atoms with Crippen LogP contribution in [0.4, 0.5) is 0 Å². The van der Waals surface area contributed by atoms with Crippen molar-refractivity contribution in [2.45, 2.75) is 52.1 Å². The molecule has 0 bridgehead atoms. The fourth-order valence-corrected chi connectivity index (χ4v) is 3.80. The first-order chi connectivity index (χ1) is 13.2. The molecule has 10 heteroatoms. The highest BCUT2D eigenvalue weighted by molar-refractivity contribution is 7.10. The molecule has 0 aromatic carbocycles. The smallest absolute Gasteiger partial charge is 0.339 e. The zero-order valence-electron chi connectivity index (χ0n) is 16.0. The second-order valence-electron chi connectivity index (χ2n) is 5.96. The van der Waals surface area contributed by atoms with E-state index in [9.17, 15) is 19.2 Å². The SMILES string of the molecule is CCOC(=O)c1ccsc1[C@@H]1O[C@H](COC(C)=O)[C@@H](OC(C)=O)[C@H]1OC(C)=O. The number of hydrogen-bond acceptors (Lipinski definition) is 10. The van der Waals surface area contributed by atoms with Gasteiger partial charge in [0.2, 0.25) is 0 Å². The minimum absolute atomic E-state index is 0.193. The summed E-state index contributed by atoms with van der Waals surface area (Å²) in [5, 5.41) is 1.68. The Labute approximate surface area is 165 Å². The van der Waals surface area contributed by atoms with Crippen molar-refractivity contribution in [2.24, 2.45) is 0 Å². The Morgan fingerprint density at radius 3 is 2.21 bits per heavy atom. The molecular formula is C18H22O9S. The third-order valence-corrected chi connectivity index (χ3v) is 4.79. The molecule has 1 aliphatic rings. The van der Waals surface area contributed by atoms with Crippen molar-refractivity contribution < 1.29 is 42.9 Å². The van der Waals surface area contributed by atoms with Crippen molar-refractivity contribution in [3.63, 3.8) is 0 Å². The number of carbonyl (C=O) groups excluding carboxylic acids is 4. The highest BCUT2D eigenvalue weighted by atomic mass is 32.1. The molecule has 9 nitrogen and oxygen atoms in total. The number of ether oxygens (including phenoxy) is 5. The van der Waals surface area contributed by atoms with Crippen LogP contribution in [0.3, 0.4) is 0 Å². The summed E-state index contributed by atoms with van der Waals surface area (Å²) in [6.07, 6.45) is -3.80. The maximum Gasteiger partial charge on any atom is 0.339 e. The van der Waals surface area contributed by atoms with Crippen LogP contribution in [-0.4, -0.2) is 55.4 Å². The molecule has 2 rings (SSSR count). The van der Waals surface area contributed by atoms with Crippen LogP contribution in [0.2, 0.25) is 0 Å². The molecule has 0 N–H and O–H groups in total. The maximum atomic E-state index is 12.2. The Morgan fingerprint density at radius 2 is 1.64 bits per heavy atom. The lowest BCUT2D eigenvalue weighted by Gasteiger charge is -2.23. The van der Waals surface area contributed by atoms with Gasteiger partial charge in [-0.2, -0.15) is 0 Å². The molecule has 1 aromatic rings. The van der Waals surface area contributed by atoms with E-state index in [1.807, 2.05) is 0 Å². The van der Waals surface area contributed by atoms with E-state index in [4.69, 9.17) is 23.7 Å². The number of esters is 4. The summed E-state index contributed by atoms with van der Waals surface area (Å²) < 4.78 is 26.6. The van der Waals surface area contributed by atoms with Crippen LogP contribution in [-0.2, 0) is 38.1 Å². The van der Waals surface area contributed by atoms with Crippen molar-refractivity contribution in [2.75, 3.05) is 13.2 Å². The van der Waals surface area contributed by atoms with Gasteiger partial charge in [-0.05, 0) is 18.4 Å². The lowest BCUT2D eigenvalue weighted by atomic mass is 10.0. The minimum Gasteiger partial charge on any atom is -0.463 e. The normalized spacial score (nSPS) is 23.7. The largest absolute Gasteiger partial charge is 0.463 e. The van der Waals surface area contributed by atoms with E-state index < -0.39 is 48.3 Å². The van der Waals surface area contributed by atoms with E-state index in [1.54, 1.807) is 18.4 Å². The van der Waals surface area contributed by atoms with Crippen LogP contribution in [0.15, 0.2) is 11.4 Å². The van der Waals surface area contributed by atoms with Gasteiger partial charge in [-0.25, -0.2) is 4.79 Å². The lowest BCUT2D eigenvalue weighted by molar-refractivity contribution is -0.165. The standard InChI is InChI=1S/C18H22O9S/c1-5-23-18(22)12-6-7-28-17(12)16-15(26-11(4)21)14(25-10(3)20)13(27-16)8-24-9(2)19/h6-7,13-16H,5,8H2,1-4H3/t13-,14-,15-,16-/m1/s1. The van der Waals surface area contributed by atoms with Gasteiger partial charge in [0, 0.05) is 20.8 Å². The molecule has 4 atom stereocenters. The number of carbonyl (C=O) groups is 4. The van der Waals surface area contributed by atoms with Crippen molar-refractivity contribution in [1.82, 2.24) is 0 Å². The molecule has 154 valence electrons. The molecule has 0 unspecified atom stereocenters. The van der Waals surface area contributed by atoms with Gasteiger partial charge in [0.05, 0.1) is 17.0 Å². The molecule has 28 heavy (non-hydrogen) atoms. The van der Waals surface area contributed by atoms with Crippen LogP contribution in [0.25, 0.3) is 0 Å². The minimum atomic E-state index is -1.02. The van der Waals surface area contributed by atoms with Crippen molar-refractivity contribution >= 4 is 35.2 Å². The van der Waals surface area contributed by atoms with Gasteiger partial charge >= 0.3 is 23.9 Å². The van der Waals surface area contributed by atoms with E-state index in [2.05, 4.69) is 0 Å². The summed E-state index contributed by atoms with van der Waals surface area (Å²) in [6, 6.07) is 1.58. The van der Waals surface area contributed by atoms with Crippen LogP contribution in [0.5, 0.6) is 0 Å². The van der Waals surface area contributed by atoms with Crippen LogP contribution in [0.1, 0.15) is 49.0 Å². The highest BCUT2D eigenvalue weighted by Crippen LogP contribution is 2.41. The van der Waals surface area contributed by atoms with Gasteiger partial charge in [0.25, 0.3) is 0 Å². The quantitative estimate of drug-likeness (QED) is 0.486. The van der Waals surface area contributed by atoms with E-state index >= 15 is 0 Å². The van der Waals surface area contributed by atoms with Gasteiger partial charge in [0.15, 0.2) is 12.2 Å². The molecular weight excluding hydrogens is 392 g/mol. The summed E-state index contributed by atoms with van der Waals surface area (Å²) in [7, 11) is 0. The first kappa shape index (κ1) is 21.8. The summed E-state index contributed by atoms with van der Waals surface area (Å²) in [5.74, 6) is -2.31. The van der Waals surface area contributed by atoms with Crippen molar-refractivity contribution in [3.8, 4) is 0 Å². The van der Waals surface area contributed by atoms with Gasteiger partial charge < -0.3 is 23.7 Å². The Balaban J connectivity index is 2.39. The molecule has 1 aromatic heterocycles. The number of rotatable bonds is 7. The first-order valence-electron chi connectivity index (χ1n) is 8.62. The summed E-state index contributed by atoms with van der Waals surface area (Å²) in [4.78, 5) is 47.1. The van der Waals surface area contributed by atoms with Crippen molar-refractivity contribution in [3.05, 3.63) is 21.9 Å². The predicted octanol–water partition coefficient (Wildman–Crippen LogP) is 1.79. The molecule has 1 aliphatic heterocycles. The monoisotopic (exact) mass is 414 g/mol. The van der Waals surface area contributed by atoms with Gasteiger partial charge in [-0.3, -0.25) is 14.4 Å². The second-order valence-corrected chi connectivity index (χ2v) is 6.91. The Morgan fingerprint density at radius 1 is 1.00 bits per heavy atom. The Bertz CT molecular complexity index is 741. The fraction of sp³-hybridized carbons (Fsp3) is 0.556. The van der Waals surface area contributed by atoms with Gasteiger partial charge in [-0.15, -0.1) is 11.3 Å². The molecule has 1 fully saturated rings. The second kappa shape index (κ2) is 9.65. The number of thiophene rings is 1. The highest BCUT2D eigenvalue weighted by Gasteiger charge is 2.51. The van der Waals surface area contributed by atoms with E-state index in [1.165, 1.54) is 32.1 Å². The molecule has 0 radical (unpaired) electrons. The first-order valence-corrected chi connectivity index (χ1v) is 9.50. The number of hydrogen-bond donors (Lipinski definition) is 0. The molecule has 0 saturated carbocycles.